The monoisotopic (exact) mass is 432 g/mol. The van der Waals surface area contributed by atoms with Gasteiger partial charge in [0.15, 0.2) is 5.03 Å². The van der Waals surface area contributed by atoms with Crippen molar-refractivity contribution in [2.24, 2.45) is 7.05 Å². The van der Waals surface area contributed by atoms with E-state index in [2.05, 4.69) is 4.98 Å². The van der Waals surface area contributed by atoms with E-state index in [1.54, 1.807) is 11.6 Å². The second kappa shape index (κ2) is 8.49. The highest BCUT2D eigenvalue weighted by atomic mass is 32.2. The highest BCUT2D eigenvalue weighted by Gasteiger charge is 2.44. The van der Waals surface area contributed by atoms with Gasteiger partial charge in [-0.2, -0.15) is 4.31 Å². The number of aromatic nitrogens is 2. The molecule has 1 amide bonds. The first-order chi connectivity index (χ1) is 14.4. The number of hydrogen-bond donors (Lipinski definition) is 0. The number of sulfonamides is 1. The van der Waals surface area contributed by atoms with Crippen LogP contribution >= 0.6 is 0 Å². The zero-order valence-corrected chi connectivity index (χ0v) is 18.1. The SMILES string of the molecule is Cn1cnc(S(=O)(=O)N2CCCN(C(=O)C3(c4ccccc4)CCOCC3)CC2)c1. The molecule has 3 heterocycles. The minimum absolute atomic E-state index is 0.0509. The third-order valence-electron chi connectivity index (χ3n) is 6.11. The molecule has 2 saturated heterocycles. The van der Waals surface area contributed by atoms with Crippen LogP contribution in [0.1, 0.15) is 24.8 Å². The fourth-order valence-corrected chi connectivity index (χ4v) is 5.83. The molecule has 2 aliphatic heterocycles. The lowest BCUT2D eigenvalue weighted by molar-refractivity contribution is -0.141. The number of benzene rings is 1. The number of imidazole rings is 1. The van der Waals surface area contributed by atoms with E-state index in [4.69, 9.17) is 4.74 Å². The smallest absolute Gasteiger partial charge is 0.262 e. The summed E-state index contributed by atoms with van der Waals surface area (Å²) in [5, 5.41) is 0.0509. The summed E-state index contributed by atoms with van der Waals surface area (Å²) in [5.41, 5.74) is 0.412. The number of nitrogens with zero attached hydrogens (tertiary/aromatic N) is 4. The van der Waals surface area contributed by atoms with Gasteiger partial charge in [0, 0.05) is 52.6 Å². The van der Waals surface area contributed by atoms with Crippen LogP contribution in [0.4, 0.5) is 0 Å². The molecule has 0 saturated carbocycles. The molecule has 0 radical (unpaired) electrons. The molecule has 9 heteroatoms. The van der Waals surface area contributed by atoms with Crippen LogP contribution in [0.3, 0.4) is 0 Å². The lowest BCUT2D eigenvalue weighted by Crippen LogP contribution is -2.51. The van der Waals surface area contributed by atoms with Crippen molar-refractivity contribution < 1.29 is 17.9 Å². The normalized spacial score (nSPS) is 20.6. The van der Waals surface area contributed by atoms with Gasteiger partial charge in [-0.05, 0) is 24.8 Å². The van der Waals surface area contributed by atoms with Gasteiger partial charge in [-0.25, -0.2) is 13.4 Å². The molecule has 4 rings (SSSR count). The molecular weight excluding hydrogens is 404 g/mol. The summed E-state index contributed by atoms with van der Waals surface area (Å²) in [5.74, 6) is 0.0779. The van der Waals surface area contributed by atoms with Crippen molar-refractivity contribution in [2.75, 3.05) is 39.4 Å². The summed E-state index contributed by atoms with van der Waals surface area (Å²) in [6.45, 7) is 2.67. The average molecular weight is 433 g/mol. The van der Waals surface area contributed by atoms with Crippen molar-refractivity contribution in [3.8, 4) is 0 Å². The topological polar surface area (TPSA) is 84.7 Å². The van der Waals surface area contributed by atoms with Crippen molar-refractivity contribution >= 4 is 15.9 Å². The molecule has 0 spiro atoms. The van der Waals surface area contributed by atoms with Gasteiger partial charge in [0.25, 0.3) is 10.0 Å². The average Bonchev–Trinajstić information content (AvgIpc) is 3.07. The Morgan fingerprint density at radius 3 is 2.47 bits per heavy atom. The van der Waals surface area contributed by atoms with Gasteiger partial charge in [-0.1, -0.05) is 30.3 Å². The van der Waals surface area contributed by atoms with Crippen LogP contribution in [0.5, 0.6) is 0 Å². The lowest BCUT2D eigenvalue weighted by Gasteiger charge is -2.40. The van der Waals surface area contributed by atoms with Gasteiger partial charge in [-0.15, -0.1) is 0 Å². The van der Waals surface area contributed by atoms with Crippen LogP contribution in [0, 0.1) is 0 Å². The Morgan fingerprint density at radius 2 is 1.80 bits per heavy atom. The van der Waals surface area contributed by atoms with E-state index < -0.39 is 15.4 Å². The summed E-state index contributed by atoms with van der Waals surface area (Å²) >= 11 is 0. The van der Waals surface area contributed by atoms with Crippen LogP contribution < -0.4 is 0 Å². The van der Waals surface area contributed by atoms with Crippen LogP contribution in [-0.4, -0.2) is 72.5 Å². The number of ether oxygens (including phenoxy) is 1. The molecule has 0 unspecified atom stereocenters. The molecule has 1 aromatic heterocycles. The second-order valence-corrected chi connectivity index (χ2v) is 9.87. The first kappa shape index (κ1) is 21.0. The van der Waals surface area contributed by atoms with E-state index in [-0.39, 0.29) is 17.5 Å². The summed E-state index contributed by atoms with van der Waals surface area (Å²) in [6.07, 6.45) is 4.87. The number of aryl methyl sites for hydroxylation is 1. The Bertz CT molecular complexity index is 983. The maximum Gasteiger partial charge on any atom is 0.262 e. The van der Waals surface area contributed by atoms with Gasteiger partial charge >= 0.3 is 0 Å². The molecule has 162 valence electrons. The highest BCUT2D eigenvalue weighted by molar-refractivity contribution is 7.89. The number of rotatable bonds is 4. The van der Waals surface area contributed by atoms with Crippen molar-refractivity contribution in [3.05, 3.63) is 48.4 Å². The van der Waals surface area contributed by atoms with Gasteiger partial charge in [-0.3, -0.25) is 4.79 Å². The van der Waals surface area contributed by atoms with Gasteiger partial charge in [0.2, 0.25) is 5.91 Å². The number of hydrogen-bond acceptors (Lipinski definition) is 5. The van der Waals surface area contributed by atoms with Crippen molar-refractivity contribution in [1.82, 2.24) is 18.8 Å². The lowest BCUT2D eigenvalue weighted by atomic mass is 9.73. The predicted octanol–water partition coefficient (Wildman–Crippen LogP) is 1.39. The largest absolute Gasteiger partial charge is 0.381 e. The van der Waals surface area contributed by atoms with Crippen molar-refractivity contribution in [2.45, 2.75) is 29.7 Å². The molecule has 8 nitrogen and oxygen atoms in total. The molecule has 2 aliphatic rings. The molecule has 30 heavy (non-hydrogen) atoms. The third kappa shape index (κ3) is 3.89. The third-order valence-corrected chi connectivity index (χ3v) is 7.89. The van der Waals surface area contributed by atoms with E-state index in [1.807, 2.05) is 35.2 Å². The molecule has 0 aliphatic carbocycles. The standard InChI is InChI=1S/C21H28N4O4S/c1-23-16-19(22-17-23)30(27,28)25-11-5-10-24(12-13-25)20(26)21(8-14-29-15-9-21)18-6-3-2-4-7-18/h2-4,6-7,16-17H,5,8-15H2,1H3. The molecule has 1 aromatic carbocycles. The summed E-state index contributed by atoms with van der Waals surface area (Å²) in [6, 6.07) is 9.90. The van der Waals surface area contributed by atoms with E-state index in [0.717, 1.165) is 5.56 Å². The summed E-state index contributed by atoms with van der Waals surface area (Å²) in [7, 11) is -1.92. The van der Waals surface area contributed by atoms with Crippen LogP contribution in [0.2, 0.25) is 0 Å². The number of amides is 1. The fraction of sp³-hybridized carbons (Fsp3) is 0.524. The van der Waals surface area contributed by atoms with E-state index >= 15 is 0 Å². The molecular formula is C21H28N4O4S. The van der Waals surface area contributed by atoms with Gasteiger partial charge in [0.05, 0.1) is 11.7 Å². The summed E-state index contributed by atoms with van der Waals surface area (Å²) in [4.78, 5) is 19.6. The number of carbonyl (C=O) groups excluding carboxylic acids is 1. The van der Waals surface area contributed by atoms with Crippen molar-refractivity contribution in [3.63, 3.8) is 0 Å². The Labute approximate surface area is 177 Å². The van der Waals surface area contributed by atoms with Crippen LogP contribution in [0.25, 0.3) is 0 Å². The quantitative estimate of drug-likeness (QED) is 0.729. The minimum Gasteiger partial charge on any atom is -0.381 e. The first-order valence-corrected chi connectivity index (χ1v) is 11.8. The fourth-order valence-electron chi connectivity index (χ4n) is 4.40. The van der Waals surface area contributed by atoms with Gasteiger partial charge in [0.1, 0.15) is 0 Å². The van der Waals surface area contributed by atoms with Crippen LogP contribution in [-0.2, 0) is 32.0 Å². The molecule has 0 bridgehead atoms. The van der Waals surface area contributed by atoms with E-state index in [0.29, 0.717) is 52.1 Å². The molecule has 0 atom stereocenters. The zero-order chi connectivity index (χ0) is 21.2. The molecule has 0 N–H and O–H groups in total. The van der Waals surface area contributed by atoms with Crippen molar-refractivity contribution in [1.29, 1.82) is 0 Å². The second-order valence-electron chi connectivity index (χ2n) is 7.99. The summed E-state index contributed by atoms with van der Waals surface area (Å²) < 4.78 is 34.5. The molecule has 2 fully saturated rings. The minimum atomic E-state index is -3.66. The maximum atomic E-state index is 13.7. The number of carbonyl (C=O) groups is 1. The van der Waals surface area contributed by atoms with E-state index in [1.165, 1.54) is 16.8 Å². The highest BCUT2D eigenvalue weighted by Crippen LogP contribution is 2.37. The Kier molecular flexibility index (Phi) is 5.95. The molecule has 2 aromatic rings. The first-order valence-electron chi connectivity index (χ1n) is 10.3. The predicted molar refractivity (Wildman–Crippen MR) is 111 cm³/mol. The van der Waals surface area contributed by atoms with E-state index in [9.17, 15) is 13.2 Å². The Morgan fingerprint density at radius 1 is 1.07 bits per heavy atom. The van der Waals surface area contributed by atoms with Gasteiger partial charge < -0.3 is 14.2 Å². The Hall–Kier alpha value is -2.23. The zero-order valence-electron chi connectivity index (χ0n) is 17.2. The maximum absolute atomic E-state index is 13.7. The van der Waals surface area contributed by atoms with Crippen LogP contribution in [0.15, 0.2) is 47.9 Å². The Balaban J connectivity index is 1.54.